The zero-order valence-corrected chi connectivity index (χ0v) is 14.2. The van der Waals surface area contributed by atoms with E-state index in [0.717, 1.165) is 6.61 Å². The molecule has 1 aliphatic carbocycles. The normalized spacial score (nSPS) is 18.8. The van der Waals surface area contributed by atoms with E-state index in [1.54, 1.807) is 11.5 Å². The Morgan fingerprint density at radius 1 is 1.39 bits per heavy atom. The van der Waals surface area contributed by atoms with Crippen LogP contribution in [0.15, 0.2) is 11.1 Å². The lowest BCUT2D eigenvalue weighted by molar-refractivity contribution is 0.116. The summed E-state index contributed by atoms with van der Waals surface area (Å²) in [4.78, 5) is 16.8. The third-order valence-corrected chi connectivity index (χ3v) is 6.27. The molecule has 0 radical (unpaired) electrons. The Morgan fingerprint density at radius 3 is 2.87 bits per heavy atom. The Kier molecular flexibility index (Phi) is 4.84. The maximum Gasteiger partial charge on any atom is 0.256 e. The zero-order valence-electron chi connectivity index (χ0n) is 13.4. The molecule has 0 spiro atoms. The van der Waals surface area contributed by atoms with Gasteiger partial charge in [0.15, 0.2) is 0 Å². The highest BCUT2D eigenvalue weighted by atomic mass is 32.2. The summed E-state index contributed by atoms with van der Waals surface area (Å²) in [6, 6.07) is 0. The van der Waals surface area contributed by atoms with Gasteiger partial charge in [-0.1, -0.05) is 0 Å². The number of sulfonamides is 1. The third-order valence-electron chi connectivity index (χ3n) is 4.44. The molecule has 3 rings (SSSR count). The molecule has 0 N–H and O–H groups in total. The van der Waals surface area contributed by atoms with Crippen LogP contribution in [-0.4, -0.2) is 47.8 Å². The molecule has 128 valence electrons. The van der Waals surface area contributed by atoms with Crippen LogP contribution in [0.1, 0.15) is 31.0 Å². The van der Waals surface area contributed by atoms with E-state index in [1.165, 1.54) is 23.5 Å². The minimum Gasteiger partial charge on any atom is -0.379 e. The monoisotopic (exact) mass is 341 g/mol. The van der Waals surface area contributed by atoms with Crippen LogP contribution in [0.5, 0.6) is 0 Å². The molecule has 0 amide bonds. The van der Waals surface area contributed by atoms with Crippen LogP contribution < -0.4 is 5.56 Å². The molecule has 2 heterocycles. The topological polar surface area (TPSA) is 81.5 Å². The first-order chi connectivity index (χ1) is 11.0. The second-order valence-corrected chi connectivity index (χ2v) is 8.43. The SMILES string of the molecule is CCS(=O)(=O)N1CCc2c(ncn(CCOCC3CC3)c2=O)C1. The summed E-state index contributed by atoms with van der Waals surface area (Å²) in [5.41, 5.74) is 1.14. The number of aromatic nitrogens is 2. The highest BCUT2D eigenvalue weighted by molar-refractivity contribution is 7.89. The highest BCUT2D eigenvalue weighted by Crippen LogP contribution is 2.28. The minimum absolute atomic E-state index is 0.0672. The standard InChI is InChI=1S/C15H23N3O4S/c1-2-23(20,21)18-6-5-13-14(9-18)16-11-17(15(13)19)7-8-22-10-12-3-4-12/h11-12H,2-10H2,1H3. The van der Waals surface area contributed by atoms with Crippen molar-refractivity contribution in [2.75, 3.05) is 25.5 Å². The van der Waals surface area contributed by atoms with Crippen molar-refractivity contribution in [2.45, 2.75) is 39.3 Å². The Balaban J connectivity index is 1.67. The molecule has 8 heteroatoms. The first kappa shape index (κ1) is 16.6. The largest absolute Gasteiger partial charge is 0.379 e. The van der Waals surface area contributed by atoms with Crippen molar-refractivity contribution in [3.05, 3.63) is 27.9 Å². The first-order valence-corrected chi connectivity index (χ1v) is 9.75. The molecule has 7 nitrogen and oxygen atoms in total. The van der Waals surface area contributed by atoms with Gasteiger partial charge in [0.05, 0.1) is 37.5 Å². The lowest BCUT2D eigenvalue weighted by Crippen LogP contribution is -2.41. The van der Waals surface area contributed by atoms with E-state index >= 15 is 0 Å². The Hall–Kier alpha value is -1.25. The van der Waals surface area contributed by atoms with Crippen molar-refractivity contribution in [3.63, 3.8) is 0 Å². The second kappa shape index (κ2) is 6.70. The predicted octanol–water partition coefficient (Wildman–Crippen LogP) is 0.378. The van der Waals surface area contributed by atoms with Crippen LogP contribution in [0, 0.1) is 5.92 Å². The van der Waals surface area contributed by atoms with Gasteiger partial charge < -0.3 is 4.74 Å². The van der Waals surface area contributed by atoms with Gasteiger partial charge in [-0.25, -0.2) is 13.4 Å². The van der Waals surface area contributed by atoms with Gasteiger partial charge in [0.2, 0.25) is 10.0 Å². The van der Waals surface area contributed by atoms with Crippen LogP contribution in [-0.2, 0) is 34.3 Å². The summed E-state index contributed by atoms with van der Waals surface area (Å²) >= 11 is 0. The lowest BCUT2D eigenvalue weighted by atomic mass is 10.1. The van der Waals surface area contributed by atoms with Gasteiger partial charge in [-0.2, -0.15) is 4.31 Å². The minimum atomic E-state index is -3.24. The van der Waals surface area contributed by atoms with E-state index < -0.39 is 10.0 Å². The van der Waals surface area contributed by atoms with Gasteiger partial charge >= 0.3 is 0 Å². The molecular formula is C15H23N3O4S. The van der Waals surface area contributed by atoms with Crippen LogP contribution in [0.3, 0.4) is 0 Å². The van der Waals surface area contributed by atoms with Crippen molar-refractivity contribution in [1.29, 1.82) is 0 Å². The average molecular weight is 341 g/mol. The second-order valence-electron chi connectivity index (χ2n) is 6.17. The number of ether oxygens (including phenoxy) is 1. The lowest BCUT2D eigenvalue weighted by Gasteiger charge is -2.26. The molecule has 0 saturated heterocycles. The maximum absolute atomic E-state index is 12.5. The van der Waals surface area contributed by atoms with Gasteiger partial charge in [0.25, 0.3) is 5.56 Å². The van der Waals surface area contributed by atoms with Gasteiger partial charge in [0, 0.05) is 18.7 Å². The van der Waals surface area contributed by atoms with Gasteiger partial charge in [0.1, 0.15) is 0 Å². The van der Waals surface area contributed by atoms with Crippen LogP contribution in [0.2, 0.25) is 0 Å². The average Bonchev–Trinajstić information content (AvgIpc) is 3.37. The fourth-order valence-corrected chi connectivity index (χ4v) is 3.77. The fraction of sp³-hybridized carbons (Fsp3) is 0.733. The zero-order chi connectivity index (χ0) is 16.4. The quantitative estimate of drug-likeness (QED) is 0.670. The fourth-order valence-electron chi connectivity index (χ4n) is 2.71. The molecule has 2 aliphatic rings. The van der Waals surface area contributed by atoms with E-state index in [1.807, 2.05) is 0 Å². The molecule has 0 aromatic carbocycles. The number of fused-ring (bicyclic) bond motifs is 1. The number of hydrogen-bond acceptors (Lipinski definition) is 5. The highest BCUT2D eigenvalue weighted by Gasteiger charge is 2.28. The molecule has 1 aliphatic heterocycles. The molecule has 0 atom stereocenters. The van der Waals surface area contributed by atoms with Crippen molar-refractivity contribution in [3.8, 4) is 0 Å². The third kappa shape index (κ3) is 3.81. The number of nitrogens with zero attached hydrogens (tertiary/aromatic N) is 3. The van der Waals surface area contributed by atoms with E-state index in [0.29, 0.717) is 43.3 Å². The maximum atomic E-state index is 12.5. The Bertz CT molecular complexity index is 725. The summed E-state index contributed by atoms with van der Waals surface area (Å²) in [6.45, 7) is 3.94. The number of rotatable bonds is 7. The number of hydrogen-bond donors (Lipinski definition) is 0. The molecule has 0 unspecified atom stereocenters. The van der Waals surface area contributed by atoms with Gasteiger partial charge in [-0.15, -0.1) is 0 Å². The Morgan fingerprint density at radius 2 is 2.17 bits per heavy atom. The van der Waals surface area contributed by atoms with Crippen LogP contribution in [0.4, 0.5) is 0 Å². The summed E-state index contributed by atoms with van der Waals surface area (Å²) in [5.74, 6) is 0.775. The predicted molar refractivity (Wildman–Crippen MR) is 85.6 cm³/mol. The van der Waals surface area contributed by atoms with E-state index in [-0.39, 0.29) is 17.9 Å². The van der Waals surface area contributed by atoms with Crippen molar-refractivity contribution in [2.24, 2.45) is 5.92 Å². The van der Waals surface area contributed by atoms with Gasteiger partial charge in [-0.3, -0.25) is 9.36 Å². The van der Waals surface area contributed by atoms with Crippen LogP contribution in [0.25, 0.3) is 0 Å². The summed E-state index contributed by atoms with van der Waals surface area (Å²) in [5, 5.41) is 0. The molecule has 1 aromatic heterocycles. The molecule has 1 aromatic rings. The van der Waals surface area contributed by atoms with Crippen molar-refractivity contribution < 1.29 is 13.2 Å². The first-order valence-electron chi connectivity index (χ1n) is 8.14. The van der Waals surface area contributed by atoms with Crippen LogP contribution >= 0.6 is 0 Å². The Labute approximate surface area is 136 Å². The van der Waals surface area contributed by atoms with Gasteiger partial charge in [-0.05, 0) is 32.1 Å². The summed E-state index contributed by atoms with van der Waals surface area (Å²) in [6.07, 6.45) is 4.42. The van der Waals surface area contributed by atoms with Crippen molar-refractivity contribution in [1.82, 2.24) is 13.9 Å². The summed E-state index contributed by atoms with van der Waals surface area (Å²) in [7, 11) is -3.24. The molecule has 0 bridgehead atoms. The molecule has 23 heavy (non-hydrogen) atoms. The van der Waals surface area contributed by atoms with E-state index in [9.17, 15) is 13.2 Å². The molecule has 1 fully saturated rings. The van der Waals surface area contributed by atoms with E-state index in [2.05, 4.69) is 4.98 Å². The molecular weight excluding hydrogens is 318 g/mol. The van der Waals surface area contributed by atoms with Crippen molar-refractivity contribution >= 4 is 10.0 Å². The molecule has 1 saturated carbocycles. The van der Waals surface area contributed by atoms with E-state index in [4.69, 9.17) is 4.74 Å². The smallest absolute Gasteiger partial charge is 0.256 e. The summed E-state index contributed by atoms with van der Waals surface area (Å²) < 4.78 is 32.4.